The third-order valence-corrected chi connectivity index (χ3v) is 6.42. The maximum Gasteiger partial charge on any atom is 0.264 e. The highest BCUT2D eigenvalue weighted by Crippen LogP contribution is 2.35. The number of likely N-dealkylation sites (tertiary alicyclic amines) is 1. The third kappa shape index (κ3) is 4.79. The van der Waals surface area contributed by atoms with Crippen molar-refractivity contribution in [3.8, 4) is 29.2 Å². The average molecular weight is 497 g/mol. The molecule has 2 aromatic carbocycles. The van der Waals surface area contributed by atoms with E-state index in [-0.39, 0.29) is 35.0 Å². The number of hydrogen-bond acceptors (Lipinski definition) is 8. The number of rotatable bonds is 7. The summed E-state index contributed by atoms with van der Waals surface area (Å²) in [6, 6.07) is 18.2. The first-order valence-corrected chi connectivity index (χ1v) is 11.8. The van der Waals surface area contributed by atoms with Gasteiger partial charge in [-0.2, -0.15) is 10.2 Å². The number of anilines is 1. The van der Waals surface area contributed by atoms with Gasteiger partial charge >= 0.3 is 0 Å². The highest BCUT2D eigenvalue weighted by atomic mass is 16.5. The Balaban J connectivity index is 1.32. The zero-order valence-corrected chi connectivity index (χ0v) is 20.1. The molecule has 3 heterocycles. The fourth-order valence-electron chi connectivity index (χ4n) is 4.61. The van der Waals surface area contributed by atoms with Crippen molar-refractivity contribution >= 4 is 17.8 Å². The molecule has 10 nitrogen and oxygen atoms in total. The van der Waals surface area contributed by atoms with Crippen molar-refractivity contribution in [1.82, 2.24) is 14.9 Å². The quantitative estimate of drug-likeness (QED) is 0.388. The summed E-state index contributed by atoms with van der Waals surface area (Å²) in [6.45, 7) is 2.65. The fourth-order valence-corrected chi connectivity index (χ4v) is 4.61. The van der Waals surface area contributed by atoms with Crippen LogP contribution in [0, 0.1) is 11.3 Å². The SMILES string of the molecule is CC=C(C#N)C(=O)N1C[C@@H]2C[C@H]1CN2c1ncc(C(N)=O)c(Oc2ccc(Oc3ccccc3)cc2)n1. The van der Waals surface area contributed by atoms with Crippen molar-refractivity contribution in [2.45, 2.75) is 25.4 Å². The lowest BCUT2D eigenvalue weighted by molar-refractivity contribution is -0.127. The largest absolute Gasteiger partial charge is 0.457 e. The highest BCUT2D eigenvalue weighted by molar-refractivity contribution is 5.98. The van der Waals surface area contributed by atoms with E-state index in [0.717, 1.165) is 6.42 Å². The Morgan fingerprint density at radius 3 is 2.30 bits per heavy atom. The minimum Gasteiger partial charge on any atom is -0.457 e. The minimum atomic E-state index is -0.708. The predicted molar refractivity (Wildman–Crippen MR) is 134 cm³/mol. The summed E-state index contributed by atoms with van der Waals surface area (Å²) in [6.07, 6.45) is 3.63. The van der Waals surface area contributed by atoms with Crippen molar-refractivity contribution in [2.75, 3.05) is 18.0 Å². The maximum atomic E-state index is 12.6. The number of nitriles is 1. The van der Waals surface area contributed by atoms with Crippen molar-refractivity contribution in [2.24, 2.45) is 5.73 Å². The van der Waals surface area contributed by atoms with E-state index in [9.17, 15) is 14.9 Å². The van der Waals surface area contributed by atoms with Crippen LogP contribution < -0.4 is 20.1 Å². The van der Waals surface area contributed by atoms with E-state index in [1.165, 1.54) is 12.3 Å². The smallest absolute Gasteiger partial charge is 0.264 e. The molecule has 2 fully saturated rings. The number of allylic oxidation sites excluding steroid dienone is 1. The third-order valence-electron chi connectivity index (χ3n) is 6.42. The molecule has 0 spiro atoms. The van der Waals surface area contributed by atoms with Crippen LogP contribution in [-0.4, -0.2) is 51.9 Å². The van der Waals surface area contributed by atoms with Gasteiger partial charge in [0, 0.05) is 19.3 Å². The summed E-state index contributed by atoms with van der Waals surface area (Å²) in [5.74, 6) is 1.25. The van der Waals surface area contributed by atoms with Crippen LogP contribution in [-0.2, 0) is 4.79 Å². The molecule has 0 aliphatic carbocycles. The molecule has 0 saturated carbocycles. The molecule has 10 heteroatoms. The van der Waals surface area contributed by atoms with E-state index < -0.39 is 5.91 Å². The maximum absolute atomic E-state index is 12.6. The molecule has 2 N–H and O–H groups in total. The standard InChI is InChI=1S/C27H24N6O4/c1-2-17(13-28)26(35)32-15-19-12-18(32)16-33(19)27-30-14-23(24(29)34)25(31-27)37-22-10-8-21(9-11-22)36-20-6-4-3-5-7-20/h2-11,14,18-19H,12,15-16H2,1H3,(H2,29,34)/t18-,19-/m0/s1. The number of primary amides is 1. The zero-order chi connectivity index (χ0) is 25.9. The van der Waals surface area contributed by atoms with Gasteiger partial charge in [-0.25, -0.2) is 4.98 Å². The Morgan fingerprint density at radius 1 is 1.03 bits per heavy atom. The van der Waals surface area contributed by atoms with Gasteiger partial charge in [-0.3, -0.25) is 9.59 Å². The second-order valence-electron chi connectivity index (χ2n) is 8.71. The number of fused-ring (bicyclic) bond motifs is 2. The number of hydrogen-bond donors (Lipinski definition) is 1. The number of aromatic nitrogens is 2. The average Bonchev–Trinajstić information content (AvgIpc) is 3.52. The molecule has 186 valence electrons. The molecule has 2 atom stereocenters. The van der Waals surface area contributed by atoms with Crippen LogP contribution >= 0.6 is 0 Å². The Labute approximate surface area is 213 Å². The molecule has 2 amide bonds. The Kier molecular flexibility index (Phi) is 6.43. The molecule has 5 rings (SSSR count). The van der Waals surface area contributed by atoms with Crippen molar-refractivity contribution < 1.29 is 19.1 Å². The second-order valence-corrected chi connectivity index (χ2v) is 8.71. The lowest BCUT2D eigenvalue weighted by Crippen LogP contribution is -2.49. The number of para-hydroxylation sites is 1. The summed E-state index contributed by atoms with van der Waals surface area (Å²) < 4.78 is 11.7. The lowest BCUT2D eigenvalue weighted by atomic mass is 10.2. The summed E-state index contributed by atoms with van der Waals surface area (Å²) >= 11 is 0. The van der Waals surface area contributed by atoms with Crippen LogP contribution in [0.2, 0.25) is 0 Å². The highest BCUT2D eigenvalue weighted by Gasteiger charge is 2.46. The van der Waals surface area contributed by atoms with Gasteiger partial charge in [0.1, 0.15) is 34.5 Å². The summed E-state index contributed by atoms with van der Waals surface area (Å²) in [4.78, 5) is 37.2. The van der Waals surface area contributed by atoms with E-state index in [2.05, 4.69) is 9.97 Å². The molecule has 1 aromatic heterocycles. The van der Waals surface area contributed by atoms with Gasteiger partial charge in [0.2, 0.25) is 11.8 Å². The van der Waals surface area contributed by atoms with E-state index in [1.54, 1.807) is 36.1 Å². The molecule has 2 saturated heterocycles. The lowest BCUT2D eigenvalue weighted by Gasteiger charge is -2.34. The van der Waals surface area contributed by atoms with Crippen molar-refractivity contribution in [1.29, 1.82) is 5.26 Å². The molecular formula is C27H24N6O4. The first kappa shape index (κ1) is 23.8. The predicted octanol–water partition coefficient (Wildman–Crippen LogP) is 3.42. The van der Waals surface area contributed by atoms with E-state index in [1.807, 2.05) is 41.3 Å². The van der Waals surface area contributed by atoms with Crippen LogP contribution in [0.3, 0.4) is 0 Å². The molecule has 3 aromatic rings. The molecule has 37 heavy (non-hydrogen) atoms. The molecular weight excluding hydrogens is 472 g/mol. The van der Waals surface area contributed by atoms with Gasteiger partial charge in [-0.05, 0) is 49.7 Å². The molecule has 2 aliphatic rings. The zero-order valence-electron chi connectivity index (χ0n) is 20.1. The van der Waals surface area contributed by atoms with Gasteiger partial charge < -0.3 is 25.0 Å². The van der Waals surface area contributed by atoms with Gasteiger partial charge in [-0.15, -0.1) is 0 Å². The normalized spacial score (nSPS) is 18.4. The minimum absolute atomic E-state index is 0.00699. The number of benzene rings is 2. The second kappa shape index (κ2) is 9.99. The van der Waals surface area contributed by atoms with Gasteiger partial charge in [-0.1, -0.05) is 24.3 Å². The van der Waals surface area contributed by atoms with Crippen molar-refractivity contribution in [3.63, 3.8) is 0 Å². The fraction of sp³-hybridized carbons (Fsp3) is 0.222. The Bertz CT molecular complexity index is 1400. The van der Waals surface area contributed by atoms with Gasteiger partial charge in [0.05, 0.1) is 12.1 Å². The van der Waals surface area contributed by atoms with E-state index in [4.69, 9.17) is 15.2 Å². The number of nitrogens with two attached hydrogens (primary N) is 1. The monoisotopic (exact) mass is 496 g/mol. The Hall–Kier alpha value is -4.91. The summed E-state index contributed by atoms with van der Waals surface area (Å²) in [5, 5.41) is 9.21. The number of carbonyl (C=O) groups excluding carboxylic acids is 2. The number of nitrogens with zero attached hydrogens (tertiary/aromatic N) is 5. The van der Waals surface area contributed by atoms with Gasteiger partial charge in [0.25, 0.3) is 11.8 Å². The van der Waals surface area contributed by atoms with Crippen LogP contribution in [0.25, 0.3) is 0 Å². The van der Waals surface area contributed by atoms with Crippen molar-refractivity contribution in [3.05, 3.63) is 78.0 Å². The molecule has 2 bridgehead atoms. The topological polar surface area (TPSA) is 135 Å². The van der Waals surface area contributed by atoms with Crippen LogP contribution in [0.15, 0.2) is 72.4 Å². The summed E-state index contributed by atoms with van der Waals surface area (Å²) in [5.41, 5.74) is 5.73. The van der Waals surface area contributed by atoms with Crippen LogP contribution in [0.1, 0.15) is 23.7 Å². The van der Waals surface area contributed by atoms with Crippen LogP contribution in [0.4, 0.5) is 5.95 Å². The summed E-state index contributed by atoms with van der Waals surface area (Å²) in [7, 11) is 0. The molecule has 0 radical (unpaired) electrons. The Morgan fingerprint density at radius 2 is 1.70 bits per heavy atom. The number of amides is 2. The first-order chi connectivity index (χ1) is 18.0. The number of carbonyl (C=O) groups is 2. The molecule has 2 aliphatic heterocycles. The van der Waals surface area contributed by atoms with E-state index >= 15 is 0 Å². The van der Waals surface area contributed by atoms with Gasteiger partial charge in [0.15, 0.2) is 0 Å². The van der Waals surface area contributed by atoms with E-state index in [0.29, 0.717) is 36.3 Å². The molecule has 0 unspecified atom stereocenters. The first-order valence-electron chi connectivity index (χ1n) is 11.8. The number of piperazine rings is 1. The van der Waals surface area contributed by atoms with Crippen LogP contribution in [0.5, 0.6) is 23.1 Å². The number of ether oxygens (including phenoxy) is 2.